The minimum Gasteiger partial charge on any atom is -0.352 e. The Bertz CT molecular complexity index is 1170. The smallest absolute Gasteiger partial charge is 0.244 e. The van der Waals surface area contributed by atoms with Crippen LogP contribution in [0.15, 0.2) is 76.8 Å². The second-order valence-electron chi connectivity index (χ2n) is 8.84. The van der Waals surface area contributed by atoms with Gasteiger partial charge in [-0.3, -0.25) is 9.20 Å². The first-order chi connectivity index (χ1) is 16.2. The van der Waals surface area contributed by atoms with Crippen LogP contribution in [0.4, 0.5) is 0 Å². The van der Waals surface area contributed by atoms with E-state index in [-0.39, 0.29) is 30.7 Å². The van der Waals surface area contributed by atoms with Crippen LogP contribution in [-0.4, -0.2) is 46.4 Å². The first-order valence-corrected chi connectivity index (χ1v) is 12.6. The molecular weight excluding hydrogens is 499 g/mol. The van der Waals surface area contributed by atoms with E-state index in [1.165, 1.54) is 12.0 Å². The molecule has 0 spiro atoms. The van der Waals surface area contributed by atoms with Gasteiger partial charge in [-0.25, -0.2) is 4.98 Å². The molecule has 2 aromatic heterocycles. The van der Waals surface area contributed by atoms with Crippen molar-refractivity contribution >= 4 is 54.2 Å². The minimum atomic E-state index is -0.0147. The standard InChI is InChI=1S/C27H30N4OS.2ClH/c32-26(12-11-24-18-23-20-28-25-9-4-10-27(33-24)31(23)25)29-19-22-13-16-30(17-14-22)15-5-8-21-6-2-1-3-7-21;;/h1-4,6-7,9-12,18,20,22H,5,8,13-17,19H2,(H,29,32);2*1H/b12-11+;;. The number of rotatable bonds is 8. The van der Waals surface area contributed by atoms with Gasteiger partial charge in [-0.1, -0.05) is 48.2 Å². The molecule has 1 fully saturated rings. The van der Waals surface area contributed by atoms with E-state index in [9.17, 15) is 4.79 Å². The van der Waals surface area contributed by atoms with E-state index in [0.29, 0.717) is 5.92 Å². The number of amides is 1. The zero-order valence-corrected chi connectivity index (χ0v) is 22.1. The molecule has 2 aliphatic rings. The highest BCUT2D eigenvalue weighted by molar-refractivity contribution is 8.03. The highest BCUT2D eigenvalue weighted by Gasteiger charge is 2.19. The van der Waals surface area contributed by atoms with Crippen molar-refractivity contribution in [1.29, 1.82) is 0 Å². The van der Waals surface area contributed by atoms with Crippen molar-refractivity contribution in [2.45, 2.75) is 30.7 Å². The molecular formula is C27H32Cl2N4OS. The van der Waals surface area contributed by atoms with Gasteiger partial charge < -0.3 is 10.2 Å². The quantitative estimate of drug-likeness (QED) is 0.382. The van der Waals surface area contributed by atoms with Gasteiger partial charge in [0.05, 0.1) is 16.9 Å². The molecule has 5 nitrogen and oxygen atoms in total. The third-order valence-electron chi connectivity index (χ3n) is 6.49. The number of allylic oxidation sites excluding steroid dienone is 1. The molecule has 186 valence electrons. The van der Waals surface area contributed by atoms with Gasteiger partial charge in [0.2, 0.25) is 5.91 Å². The first-order valence-electron chi connectivity index (χ1n) is 11.8. The maximum Gasteiger partial charge on any atom is 0.244 e. The number of aromatic nitrogens is 2. The Morgan fingerprint density at radius 3 is 2.69 bits per heavy atom. The Labute approximate surface area is 223 Å². The molecule has 0 bridgehead atoms. The van der Waals surface area contributed by atoms with Crippen LogP contribution in [0.5, 0.6) is 0 Å². The normalized spacial score (nSPS) is 15.9. The van der Waals surface area contributed by atoms with E-state index in [1.54, 1.807) is 17.8 Å². The zero-order valence-electron chi connectivity index (χ0n) is 19.6. The van der Waals surface area contributed by atoms with Crippen LogP contribution < -0.4 is 5.32 Å². The summed E-state index contributed by atoms with van der Waals surface area (Å²) in [5.41, 5.74) is 3.43. The number of carbonyl (C=O) groups is 1. The number of thioether (sulfide) groups is 1. The van der Waals surface area contributed by atoms with E-state index in [0.717, 1.165) is 66.7 Å². The van der Waals surface area contributed by atoms with E-state index in [2.05, 4.69) is 62.1 Å². The van der Waals surface area contributed by atoms with Gasteiger partial charge >= 0.3 is 0 Å². The molecule has 1 saturated heterocycles. The summed E-state index contributed by atoms with van der Waals surface area (Å²) >= 11 is 1.66. The van der Waals surface area contributed by atoms with Crippen LogP contribution >= 0.6 is 36.6 Å². The van der Waals surface area contributed by atoms with Crippen molar-refractivity contribution in [3.63, 3.8) is 0 Å². The van der Waals surface area contributed by atoms with Crippen molar-refractivity contribution in [3.8, 4) is 0 Å². The van der Waals surface area contributed by atoms with Crippen molar-refractivity contribution in [2.75, 3.05) is 26.2 Å². The number of hydrogen-bond acceptors (Lipinski definition) is 4. The van der Waals surface area contributed by atoms with Gasteiger partial charge in [-0.05, 0) is 81.1 Å². The van der Waals surface area contributed by atoms with Crippen LogP contribution in [0.1, 0.15) is 30.5 Å². The summed E-state index contributed by atoms with van der Waals surface area (Å²) in [6.45, 7) is 4.19. The lowest BCUT2D eigenvalue weighted by Gasteiger charge is -2.32. The molecule has 0 saturated carbocycles. The van der Waals surface area contributed by atoms with Gasteiger partial charge in [-0.2, -0.15) is 0 Å². The third-order valence-corrected chi connectivity index (χ3v) is 7.50. The largest absolute Gasteiger partial charge is 0.352 e. The lowest BCUT2D eigenvalue weighted by Crippen LogP contribution is -2.38. The number of likely N-dealkylation sites (tertiary alicyclic amines) is 1. The number of benzene rings is 1. The number of imidazole rings is 1. The molecule has 2 aliphatic heterocycles. The van der Waals surface area contributed by atoms with E-state index >= 15 is 0 Å². The topological polar surface area (TPSA) is 49.6 Å². The Kier molecular flexibility index (Phi) is 10.3. The molecule has 0 atom stereocenters. The molecule has 1 N–H and O–H groups in total. The van der Waals surface area contributed by atoms with Crippen molar-refractivity contribution in [1.82, 2.24) is 19.6 Å². The fraction of sp³-hybridized carbons (Fsp3) is 0.333. The lowest BCUT2D eigenvalue weighted by molar-refractivity contribution is -0.116. The van der Waals surface area contributed by atoms with Gasteiger partial charge in [0.25, 0.3) is 0 Å². The predicted octanol–water partition coefficient (Wildman–Crippen LogP) is 5.64. The van der Waals surface area contributed by atoms with Crippen LogP contribution in [-0.2, 0) is 11.2 Å². The number of pyridine rings is 1. The average Bonchev–Trinajstić information content (AvgIpc) is 3.27. The molecule has 3 aromatic rings. The van der Waals surface area contributed by atoms with Crippen molar-refractivity contribution in [3.05, 3.63) is 83.0 Å². The van der Waals surface area contributed by atoms with Crippen LogP contribution in [0.25, 0.3) is 11.7 Å². The van der Waals surface area contributed by atoms with E-state index < -0.39 is 0 Å². The average molecular weight is 532 g/mol. The second-order valence-corrected chi connectivity index (χ2v) is 9.94. The van der Waals surface area contributed by atoms with Gasteiger partial charge in [0.1, 0.15) is 5.65 Å². The Hall–Kier alpha value is -2.25. The molecule has 4 heterocycles. The first kappa shape index (κ1) is 27.3. The van der Waals surface area contributed by atoms with E-state index in [4.69, 9.17) is 0 Å². The number of nitrogens with zero attached hydrogens (tertiary/aromatic N) is 3. The zero-order chi connectivity index (χ0) is 22.5. The summed E-state index contributed by atoms with van der Waals surface area (Å²) in [5, 5.41) is 4.23. The maximum absolute atomic E-state index is 12.4. The monoisotopic (exact) mass is 530 g/mol. The third kappa shape index (κ3) is 7.14. The Morgan fingerprint density at radius 1 is 1.09 bits per heavy atom. The van der Waals surface area contributed by atoms with Crippen LogP contribution in [0.3, 0.4) is 0 Å². The Balaban J connectivity index is 0.00000171. The number of aryl methyl sites for hydroxylation is 1. The van der Waals surface area contributed by atoms with E-state index in [1.807, 2.05) is 24.4 Å². The number of carbonyl (C=O) groups excluding carboxylic acids is 1. The fourth-order valence-corrected chi connectivity index (χ4v) is 5.61. The van der Waals surface area contributed by atoms with Gasteiger partial charge in [-0.15, -0.1) is 24.8 Å². The highest BCUT2D eigenvalue weighted by atomic mass is 35.5. The van der Waals surface area contributed by atoms with Crippen LogP contribution in [0.2, 0.25) is 0 Å². The molecule has 1 amide bonds. The lowest BCUT2D eigenvalue weighted by atomic mass is 9.96. The molecule has 5 rings (SSSR count). The number of halogens is 2. The molecule has 1 aromatic carbocycles. The fourth-order valence-electron chi connectivity index (χ4n) is 4.62. The second kappa shape index (κ2) is 13.2. The highest BCUT2D eigenvalue weighted by Crippen LogP contribution is 2.34. The number of nitrogens with one attached hydrogen (secondary N) is 1. The summed E-state index contributed by atoms with van der Waals surface area (Å²) in [6.07, 6.45) is 12.2. The molecule has 0 aliphatic carbocycles. The number of hydrogen-bond donors (Lipinski definition) is 1. The summed E-state index contributed by atoms with van der Waals surface area (Å²) in [4.78, 5) is 20.4. The summed E-state index contributed by atoms with van der Waals surface area (Å²) in [6, 6.07) is 16.8. The molecule has 8 heteroatoms. The predicted molar refractivity (Wildman–Crippen MR) is 150 cm³/mol. The summed E-state index contributed by atoms with van der Waals surface area (Å²) in [7, 11) is 0. The SMILES string of the molecule is Cl.Cl.O=C(/C=C/C1=Cc2cnc3cccc(n23)S1)NCC1CCN(CCCc2ccccc2)CC1. The van der Waals surface area contributed by atoms with Gasteiger partial charge in [0.15, 0.2) is 0 Å². The maximum atomic E-state index is 12.4. The summed E-state index contributed by atoms with van der Waals surface area (Å²) < 4.78 is 2.14. The Morgan fingerprint density at radius 2 is 1.89 bits per heavy atom. The number of piperidine rings is 1. The molecule has 35 heavy (non-hydrogen) atoms. The molecule has 0 radical (unpaired) electrons. The van der Waals surface area contributed by atoms with Crippen LogP contribution in [0, 0.1) is 5.92 Å². The minimum absolute atomic E-state index is 0. The molecule has 0 unspecified atom stereocenters. The van der Waals surface area contributed by atoms with Gasteiger partial charge in [0, 0.05) is 17.5 Å². The van der Waals surface area contributed by atoms with Crippen molar-refractivity contribution in [2.24, 2.45) is 5.92 Å². The summed E-state index contributed by atoms with van der Waals surface area (Å²) in [5.74, 6) is 0.557. The van der Waals surface area contributed by atoms with Crippen molar-refractivity contribution < 1.29 is 4.79 Å².